The van der Waals surface area contributed by atoms with Gasteiger partial charge in [-0.05, 0) is 58.8 Å². The van der Waals surface area contributed by atoms with E-state index >= 15 is 0 Å². The van der Waals surface area contributed by atoms with Gasteiger partial charge >= 0.3 is 0 Å². The quantitative estimate of drug-likeness (QED) is 0.338. The lowest BCUT2D eigenvalue weighted by Crippen LogP contribution is -2.55. The van der Waals surface area contributed by atoms with E-state index in [1.165, 1.54) is 0 Å². The van der Waals surface area contributed by atoms with E-state index in [0.717, 1.165) is 6.42 Å². The summed E-state index contributed by atoms with van der Waals surface area (Å²) in [5, 5.41) is 9.95. The molecule has 7 heteroatoms. The third kappa shape index (κ3) is 9.30. The Balaban J connectivity index is 4.90. The van der Waals surface area contributed by atoms with Gasteiger partial charge in [0.15, 0.2) is 0 Å². The number of hydrogen-bond acceptors (Lipinski definition) is 5. The first-order valence-corrected chi connectivity index (χ1v) is 11.2. The van der Waals surface area contributed by atoms with Crippen molar-refractivity contribution in [3.63, 3.8) is 0 Å². The molecule has 0 aliphatic rings. The lowest BCUT2D eigenvalue weighted by molar-refractivity contribution is -0.151. The maximum Gasteiger partial charge on any atom is 0.143 e. The van der Waals surface area contributed by atoms with Crippen LogP contribution in [0.5, 0.6) is 0 Å². The van der Waals surface area contributed by atoms with Crippen LogP contribution >= 0.6 is 0 Å². The van der Waals surface area contributed by atoms with Gasteiger partial charge in [0.1, 0.15) is 21.4 Å². The van der Waals surface area contributed by atoms with E-state index in [0.29, 0.717) is 26.2 Å². The van der Waals surface area contributed by atoms with Gasteiger partial charge in [-0.3, -0.25) is 0 Å². The molecule has 0 spiro atoms. The van der Waals surface area contributed by atoms with Gasteiger partial charge in [-0.2, -0.15) is 0 Å². The summed E-state index contributed by atoms with van der Waals surface area (Å²) in [6.07, 6.45) is 1.44. The van der Waals surface area contributed by atoms with Crippen LogP contribution in [0, 0.1) is 16.7 Å². The lowest BCUT2D eigenvalue weighted by atomic mass is 9.58. The average Bonchev–Trinajstić information content (AvgIpc) is 2.50. The van der Waals surface area contributed by atoms with Crippen LogP contribution < -0.4 is 5.73 Å². The number of hydrogen-bond donors (Lipinski definition) is 2. The molecule has 0 aromatic heterocycles. The highest BCUT2D eigenvalue weighted by Gasteiger charge is 2.44. The summed E-state index contributed by atoms with van der Waals surface area (Å²) in [7, 11) is 4.16. The van der Waals surface area contributed by atoms with Crippen LogP contribution in [0.15, 0.2) is 0 Å². The van der Waals surface area contributed by atoms with Crippen molar-refractivity contribution in [2.24, 2.45) is 22.5 Å². The van der Waals surface area contributed by atoms with Gasteiger partial charge in [-0.15, -0.1) is 0 Å². The van der Waals surface area contributed by atoms with Crippen LogP contribution in [0.3, 0.4) is 0 Å². The zero-order valence-electron chi connectivity index (χ0n) is 21.4. The van der Waals surface area contributed by atoms with E-state index < -0.39 is 11.3 Å². The molecule has 4 unspecified atom stereocenters. The summed E-state index contributed by atoms with van der Waals surface area (Å²) in [4.78, 5) is 0. The summed E-state index contributed by atoms with van der Waals surface area (Å²) in [6, 6.07) is 0.218. The smallest absolute Gasteiger partial charge is 0.143 e. The molecule has 0 amide bonds. The fourth-order valence-electron chi connectivity index (χ4n) is 2.84. The summed E-state index contributed by atoms with van der Waals surface area (Å²) < 4.78 is 18.2. The molecule has 4 atom stereocenters. The molecule has 0 fully saturated rings. The van der Waals surface area contributed by atoms with Crippen LogP contribution in [0.2, 0.25) is 0 Å². The standard InChI is InChI=1S/C22H49B2NO4/c1-16(20(7,8)21(9,24)28-14-12-19(5,6)26)15-29-22(10,25)18(3,4)11-13-27-17(2)23/h16-17,26H,11-15,23-25H2,1-10H3. The van der Waals surface area contributed by atoms with Crippen molar-refractivity contribution in [2.75, 3.05) is 19.8 Å². The van der Waals surface area contributed by atoms with E-state index in [9.17, 15) is 5.11 Å². The zero-order valence-corrected chi connectivity index (χ0v) is 21.4. The van der Waals surface area contributed by atoms with Gasteiger partial charge in [0.2, 0.25) is 0 Å². The van der Waals surface area contributed by atoms with Gasteiger partial charge in [0.05, 0.1) is 12.2 Å². The Kier molecular flexibility index (Phi) is 10.5. The Morgan fingerprint density at radius 3 is 1.86 bits per heavy atom. The van der Waals surface area contributed by atoms with E-state index in [2.05, 4.69) is 49.4 Å². The number of rotatable bonds is 14. The fourth-order valence-corrected chi connectivity index (χ4v) is 2.84. The molecule has 3 N–H and O–H groups in total. The average molecular weight is 413 g/mol. The molecule has 29 heavy (non-hydrogen) atoms. The van der Waals surface area contributed by atoms with E-state index in [-0.39, 0.29) is 28.3 Å². The first kappa shape index (κ1) is 28.9. The van der Waals surface area contributed by atoms with Gasteiger partial charge in [0.25, 0.3) is 0 Å². The lowest BCUT2D eigenvalue weighted by Gasteiger charge is -2.48. The Labute approximate surface area is 182 Å². The van der Waals surface area contributed by atoms with Gasteiger partial charge in [-0.1, -0.05) is 34.6 Å². The van der Waals surface area contributed by atoms with Crippen molar-refractivity contribution < 1.29 is 19.3 Å². The molecule has 5 nitrogen and oxygen atoms in total. The zero-order chi connectivity index (χ0) is 23.3. The van der Waals surface area contributed by atoms with E-state index in [1.807, 2.05) is 21.7 Å². The van der Waals surface area contributed by atoms with Gasteiger partial charge in [-0.25, -0.2) is 0 Å². The normalized spacial score (nSPS) is 20.0. The van der Waals surface area contributed by atoms with Crippen LogP contribution in [-0.4, -0.2) is 63.4 Å². The molecule has 0 bridgehead atoms. The third-order valence-corrected chi connectivity index (χ3v) is 7.12. The number of nitrogens with two attached hydrogens (primary N) is 1. The summed E-state index contributed by atoms with van der Waals surface area (Å²) in [6.45, 7) is 22.3. The highest BCUT2D eigenvalue weighted by atomic mass is 16.5. The minimum absolute atomic E-state index is 0.145. The molecule has 0 rings (SSSR count). The molecule has 0 aliphatic carbocycles. The molecule has 0 aromatic carbocycles. The van der Waals surface area contributed by atoms with E-state index in [4.69, 9.17) is 19.9 Å². The van der Waals surface area contributed by atoms with Crippen molar-refractivity contribution in [3.05, 3.63) is 0 Å². The van der Waals surface area contributed by atoms with Crippen molar-refractivity contribution in [1.82, 2.24) is 0 Å². The summed E-state index contributed by atoms with van der Waals surface area (Å²) >= 11 is 0. The summed E-state index contributed by atoms with van der Waals surface area (Å²) in [5.74, 6) is 0.227. The van der Waals surface area contributed by atoms with Crippen molar-refractivity contribution in [2.45, 2.75) is 105 Å². The van der Waals surface area contributed by atoms with Crippen molar-refractivity contribution in [1.29, 1.82) is 0 Å². The Morgan fingerprint density at radius 2 is 1.41 bits per heavy atom. The monoisotopic (exact) mass is 413 g/mol. The molecule has 0 saturated carbocycles. The van der Waals surface area contributed by atoms with Crippen molar-refractivity contribution >= 4 is 15.7 Å². The van der Waals surface area contributed by atoms with Crippen LogP contribution in [-0.2, 0) is 14.2 Å². The highest BCUT2D eigenvalue weighted by Crippen LogP contribution is 2.41. The van der Waals surface area contributed by atoms with Crippen molar-refractivity contribution in [3.8, 4) is 0 Å². The first-order chi connectivity index (χ1) is 12.8. The Bertz CT molecular complexity index is 486. The maximum atomic E-state index is 9.95. The molecular formula is C22H49B2NO4. The molecule has 0 aromatic rings. The maximum absolute atomic E-state index is 9.95. The molecule has 172 valence electrons. The Hall–Kier alpha value is -0.0701. The second-order valence-electron chi connectivity index (χ2n) is 11.5. The van der Waals surface area contributed by atoms with E-state index in [1.54, 1.807) is 13.8 Å². The van der Waals surface area contributed by atoms with Gasteiger partial charge in [0, 0.05) is 30.1 Å². The fraction of sp³-hybridized carbons (Fsp3) is 1.00. The largest absolute Gasteiger partial charge is 0.390 e. The highest BCUT2D eigenvalue weighted by molar-refractivity contribution is 6.14. The molecule has 0 heterocycles. The van der Waals surface area contributed by atoms with Crippen LogP contribution in [0.1, 0.15) is 82.1 Å². The number of aliphatic hydroxyl groups is 1. The number of ether oxygens (including phenoxy) is 3. The minimum Gasteiger partial charge on any atom is -0.390 e. The van der Waals surface area contributed by atoms with Gasteiger partial charge < -0.3 is 25.1 Å². The molecule has 0 radical (unpaired) electrons. The predicted octanol–water partition coefficient (Wildman–Crippen LogP) is 2.28. The minimum atomic E-state index is -0.760. The second-order valence-corrected chi connectivity index (χ2v) is 11.5. The third-order valence-electron chi connectivity index (χ3n) is 7.12. The van der Waals surface area contributed by atoms with Crippen LogP contribution in [0.4, 0.5) is 0 Å². The molecule has 0 saturated heterocycles. The predicted molar refractivity (Wildman–Crippen MR) is 128 cm³/mol. The topological polar surface area (TPSA) is 73.9 Å². The van der Waals surface area contributed by atoms with Crippen LogP contribution in [0.25, 0.3) is 0 Å². The second kappa shape index (κ2) is 10.5. The summed E-state index contributed by atoms with van der Waals surface area (Å²) in [5.41, 5.74) is 4.39. The molecular weight excluding hydrogens is 364 g/mol. The molecule has 0 aliphatic heterocycles. The first-order valence-electron chi connectivity index (χ1n) is 11.2. The Morgan fingerprint density at radius 1 is 0.897 bits per heavy atom. The SMILES string of the molecule is BC(C)OCCC(C)(C)C(C)(N)OCC(C)C(C)(C)C(B)(C)OCCC(C)(C)O.